The van der Waals surface area contributed by atoms with Crippen LogP contribution >= 0.6 is 0 Å². The Morgan fingerprint density at radius 2 is 1.95 bits per heavy atom. The zero-order valence-electron chi connectivity index (χ0n) is 10.3. The van der Waals surface area contributed by atoms with Gasteiger partial charge in [-0.3, -0.25) is 5.41 Å². The van der Waals surface area contributed by atoms with Gasteiger partial charge >= 0.3 is 5.97 Å². The zero-order valence-corrected chi connectivity index (χ0v) is 10.3. The number of benzene rings is 1. The van der Waals surface area contributed by atoms with Gasteiger partial charge in [-0.2, -0.15) is 0 Å². The number of hydrogen-bond acceptors (Lipinski definition) is 5. The summed E-state index contributed by atoms with van der Waals surface area (Å²) in [5.74, 6) is -0.276. The average molecular weight is 265 g/mol. The molecule has 7 nitrogen and oxygen atoms in total. The van der Waals surface area contributed by atoms with Crippen molar-refractivity contribution in [3.05, 3.63) is 23.8 Å². The van der Waals surface area contributed by atoms with E-state index in [1.54, 1.807) is 18.2 Å². The Bertz CT molecular complexity index is 490. The summed E-state index contributed by atoms with van der Waals surface area (Å²) in [5.41, 5.74) is 6.16. The molecule has 0 amide bonds. The predicted molar refractivity (Wildman–Crippen MR) is 68.6 cm³/mol. The summed E-state index contributed by atoms with van der Waals surface area (Å²) >= 11 is 0. The smallest absolute Gasteiger partial charge is 0.342 e. The number of fused-ring (bicyclic) bond motifs is 1. The van der Waals surface area contributed by atoms with Crippen molar-refractivity contribution in [3.63, 3.8) is 0 Å². The molecule has 102 valence electrons. The molecule has 1 aromatic rings. The van der Waals surface area contributed by atoms with E-state index in [1.165, 1.54) is 0 Å². The van der Waals surface area contributed by atoms with Crippen molar-refractivity contribution in [2.45, 2.75) is 0 Å². The third kappa shape index (κ3) is 3.59. The van der Waals surface area contributed by atoms with Crippen LogP contribution in [0.4, 0.5) is 5.69 Å². The zero-order chi connectivity index (χ0) is 13.7. The number of anilines is 1. The van der Waals surface area contributed by atoms with Crippen LogP contribution in [0.5, 0.6) is 5.75 Å². The van der Waals surface area contributed by atoms with Gasteiger partial charge in [-0.05, 0) is 12.1 Å². The number of guanidine groups is 1. The van der Waals surface area contributed by atoms with Crippen LogP contribution in [0.3, 0.4) is 0 Å². The average Bonchev–Trinajstić information content (AvgIpc) is 2.37. The third-order valence-electron chi connectivity index (χ3n) is 2.43. The van der Waals surface area contributed by atoms with Gasteiger partial charge in [-0.25, -0.2) is 4.79 Å². The minimum Gasteiger partial charge on any atom is -0.490 e. The first-order valence-electron chi connectivity index (χ1n) is 5.79. The Morgan fingerprint density at radius 1 is 1.21 bits per heavy atom. The number of nitrogens with two attached hydrogens (primary N) is 1. The van der Waals surface area contributed by atoms with Crippen molar-refractivity contribution >= 4 is 17.6 Å². The molecule has 0 spiro atoms. The van der Waals surface area contributed by atoms with E-state index in [1.807, 2.05) is 0 Å². The predicted octanol–water partition coefficient (Wildman–Crippen LogP) is 0.558. The lowest BCUT2D eigenvalue weighted by molar-refractivity contribution is 0.0231. The van der Waals surface area contributed by atoms with Gasteiger partial charge in [-0.15, -0.1) is 0 Å². The van der Waals surface area contributed by atoms with Crippen LogP contribution in [0.2, 0.25) is 0 Å². The minimum atomic E-state index is -0.463. The van der Waals surface area contributed by atoms with Crippen LogP contribution in [0.15, 0.2) is 18.2 Å². The van der Waals surface area contributed by atoms with E-state index < -0.39 is 5.97 Å². The normalized spacial score (nSPS) is 15.7. The summed E-state index contributed by atoms with van der Waals surface area (Å²) in [7, 11) is 0. The molecule has 1 aliphatic rings. The fourth-order valence-corrected chi connectivity index (χ4v) is 1.63. The maximum absolute atomic E-state index is 11.8. The number of hydrogen-bond donors (Lipinski definition) is 3. The second-order valence-electron chi connectivity index (χ2n) is 3.85. The maximum Gasteiger partial charge on any atom is 0.342 e. The molecule has 0 aromatic heterocycles. The molecule has 0 saturated heterocycles. The highest BCUT2D eigenvalue weighted by Crippen LogP contribution is 2.24. The van der Waals surface area contributed by atoms with Gasteiger partial charge in [0.05, 0.1) is 13.2 Å². The van der Waals surface area contributed by atoms with Gasteiger partial charge in [0.25, 0.3) is 0 Å². The minimum absolute atomic E-state index is 0.189. The highest BCUT2D eigenvalue weighted by atomic mass is 16.6. The van der Waals surface area contributed by atoms with Crippen molar-refractivity contribution in [3.8, 4) is 5.75 Å². The van der Waals surface area contributed by atoms with Crippen LogP contribution in [0, 0.1) is 5.41 Å². The molecular formula is C12H15N3O4. The summed E-state index contributed by atoms with van der Waals surface area (Å²) in [6, 6.07) is 4.80. The number of ether oxygens (including phenoxy) is 3. The first-order chi connectivity index (χ1) is 9.16. The molecule has 0 fully saturated rings. The highest BCUT2D eigenvalue weighted by Gasteiger charge is 2.16. The van der Waals surface area contributed by atoms with E-state index >= 15 is 0 Å². The van der Waals surface area contributed by atoms with Crippen molar-refractivity contribution in [2.24, 2.45) is 5.73 Å². The summed E-state index contributed by atoms with van der Waals surface area (Å²) < 4.78 is 15.7. The fraction of sp³-hybridized carbons (Fsp3) is 0.333. The lowest BCUT2D eigenvalue weighted by Gasteiger charge is -2.15. The fourth-order valence-electron chi connectivity index (χ4n) is 1.63. The second kappa shape index (κ2) is 6.05. The van der Waals surface area contributed by atoms with Crippen LogP contribution in [-0.4, -0.2) is 38.4 Å². The third-order valence-corrected chi connectivity index (χ3v) is 2.43. The Hall–Kier alpha value is -2.28. The number of carbonyl (C=O) groups excluding carboxylic acids is 1. The van der Waals surface area contributed by atoms with Crippen LogP contribution in [0.1, 0.15) is 10.4 Å². The van der Waals surface area contributed by atoms with Crippen molar-refractivity contribution in [1.82, 2.24) is 0 Å². The number of esters is 1. The molecule has 2 rings (SSSR count). The number of carbonyl (C=O) groups is 1. The van der Waals surface area contributed by atoms with Crippen molar-refractivity contribution < 1.29 is 19.0 Å². The molecule has 0 radical (unpaired) electrons. The standard InChI is InChI=1S/C12H15N3O4/c13-12(14)15-8-1-2-9-10(7-8)18-5-3-17-4-6-19-11(9)16/h1-2,7H,3-6H2,(H4,13,14,15). The SMILES string of the molecule is N=C(N)Nc1ccc2c(c1)OCCOCCOC2=O. The summed E-state index contributed by atoms with van der Waals surface area (Å²) in [5, 5.41) is 9.80. The van der Waals surface area contributed by atoms with Crippen molar-refractivity contribution in [1.29, 1.82) is 5.41 Å². The first kappa shape index (κ1) is 13.2. The van der Waals surface area contributed by atoms with Gasteiger partial charge in [0.2, 0.25) is 0 Å². The monoisotopic (exact) mass is 265 g/mol. The van der Waals surface area contributed by atoms with Gasteiger partial charge in [0.15, 0.2) is 5.96 Å². The van der Waals surface area contributed by atoms with Gasteiger partial charge in [0, 0.05) is 11.8 Å². The molecule has 1 aliphatic heterocycles. The number of nitrogens with one attached hydrogen (secondary N) is 2. The van der Waals surface area contributed by atoms with Crippen LogP contribution in [-0.2, 0) is 9.47 Å². The quantitative estimate of drug-likeness (QED) is 0.389. The van der Waals surface area contributed by atoms with E-state index in [0.29, 0.717) is 36.8 Å². The van der Waals surface area contributed by atoms with E-state index in [4.69, 9.17) is 25.4 Å². The summed E-state index contributed by atoms with van der Waals surface area (Å²) in [4.78, 5) is 11.8. The molecule has 0 saturated carbocycles. The van der Waals surface area contributed by atoms with Gasteiger partial charge in [0.1, 0.15) is 24.5 Å². The topological polar surface area (TPSA) is 107 Å². The molecule has 19 heavy (non-hydrogen) atoms. The van der Waals surface area contributed by atoms with Crippen molar-refractivity contribution in [2.75, 3.05) is 31.7 Å². The molecule has 1 aromatic carbocycles. The van der Waals surface area contributed by atoms with E-state index in [9.17, 15) is 4.79 Å². The van der Waals surface area contributed by atoms with Crippen LogP contribution in [0.25, 0.3) is 0 Å². The molecule has 0 unspecified atom stereocenters. The highest BCUT2D eigenvalue weighted by molar-refractivity contribution is 5.95. The molecular weight excluding hydrogens is 250 g/mol. The molecule has 0 aliphatic carbocycles. The van der Waals surface area contributed by atoms with Crippen LogP contribution < -0.4 is 15.8 Å². The Kier molecular flexibility index (Phi) is 4.19. The number of rotatable bonds is 1. The Labute approximate surface area is 110 Å². The maximum atomic E-state index is 11.8. The molecule has 1 heterocycles. The van der Waals surface area contributed by atoms with Gasteiger partial charge in [-0.1, -0.05) is 0 Å². The Balaban J connectivity index is 2.26. The number of cyclic esters (lactones) is 1. The molecule has 7 heteroatoms. The molecule has 0 bridgehead atoms. The summed E-state index contributed by atoms with van der Waals surface area (Å²) in [6.07, 6.45) is 0. The first-order valence-corrected chi connectivity index (χ1v) is 5.79. The molecule has 4 N–H and O–H groups in total. The summed E-state index contributed by atoms with van der Waals surface area (Å²) in [6.45, 7) is 1.32. The Morgan fingerprint density at radius 3 is 2.68 bits per heavy atom. The second-order valence-corrected chi connectivity index (χ2v) is 3.85. The molecule has 0 atom stereocenters. The lowest BCUT2D eigenvalue weighted by Crippen LogP contribution is -2.21. The van der Waals surface area contributed by atoms with E-state index in [0.717, 1.165) is 0 Å². The lowest BCUT2D eigenvalue weighted by atomic mass is 10.2. The van der Waals surface area contributed by atoms with E-state index in [2.05, 4.69) is 5.32 Å². The van der Waals surface area contributed by atoms with Gasteiger partial charge < -0.3 is 25.3 Å². The van der Waals surface area contributed by atoms with E-state index in [-0.39, 0.29) is 12.6 Å². The largest absolute Gasteiger partial charge is 0.490 e.